The lowest BCUT2D eigenvalue weighted by Gasteiger charge is -2.10. The van der Waals surface area contributed by atoms with Gasteiger partial charge in [0.1, 0.15) is 5.78 Å². The quantitative estimate of drug-likeness (QED) is 0.754. The molecule has 0 radical (unpaired) electrons. The highest BCUT2D eigenvalue weighted by atomic mass is 16.1. The molecule has 86 valence electrons. The third-order valence-corrected chi connectivity index (χ3v) is 3.70. The molecular formula is C15H20O. The average Bonchev–Trinajstić information content (AvgIpc) is 2.66. The van der Waals surface area contributed by atoms with Crippen molar-refractivity contribution in [3.8, 4) is 0 Å². The van der Waals surface area contributed by atoms with E-state index in [2.05, 4.69) is 32.0 Å². The molecule has 1 aliphatic rings. The Morgan fingerprint density at radius 1 is 1.31 bits per heavy atom. The molecule has 1 aromatic rings. The molecule has 1 fully saturated rings. The zero-order valence-corrected chi connectivity index (χ0v) is 10.3. The zero-order valence-electron chi connectivity index (χ0n) is 10.3. The van der Waals surface area contributed by atoms with Crippen LogP contribution in [0.5, 0.6) is 0 Å². The van der Waals surface area contributed by atoms with Crippen molar-refractivity contribution in [3.63, 3.8) is 0 Å². The predicted octanol–water partition coefficient (Wildman–Crippen LogP) is 3.61. The second-order valence-corrected chi connectivity index (χ2v) is 5.02. The molecule has 1 saturated carbocycles. The van der Waals surface area contributed by atoms with Gasteiger partial charge in [-0.15, -0.1) is 0 Å². The molecule has 16 heavy (non-hydrogen) atoms. The van der Waals surface area contributed by atoms with Crippen LogP contribution in [0.25, 0.3) is 0 Å². The van der Waals surface area contributed by atoms with Crippen LogP contribution < -0.4 is 0 Å². The van der Waals surface area contributed by atoms with Crippen LogP contribution in [0.1, 0.15) is 42.4 Å². The second-order valence-electron chi connectivity index (χ2n) is 5.02. The van der Waals surface area contributed by atoms with Gasteiger partial charge in [0, 0.05) is 12.3 Å². The SMILES string of the molecule is Cc1ccc(C)c(CCC2CCCC2=O)c1. The molecule has 0 saturated heterocycles. The molecule has 0 aromatic heterocycles. The minimum absolute atomic E-state index is 0.347. The number of benzene rings is 1. The summed E-state index contributed by atoms with van der Waals surface area (Å²) in [5.74, 6) is 0.838. The summed E-state index contributed by atoms with van der Waals surface area (Å²) in [4.78, 5) is 11.5. The van der Waals surface area contributed by atoms with E-state index in [0.29, 0.717) is 11.7 Å². The molecule has 1 aliphatic carbocycles. The number of carbonyl (C=O) groups is 1. The van der Waals surface area contributed by atoms with E-state index in [0.717, 1.165) is 32.1 Å². The van der Waals surface area contributed by atoms with Gasteiger partial charge in [-0.2, -0.15) is 0 Å². The van der Waals surface area contributed by atoms with E-state index in [-0.39, 0.29) is 0 Å². The Balaban J connectivity index is 1.98. The lowest BCUT2D eigenvalue weighted by Crippen LogP contribution is -2.07. The zero-order chi connectivity index (χ0) is 11.5. The smallest absolute Gasteiger partial charge is 0.135 e. The fourth-order valence-corrected chi connectivity index (χ4v) is 2.59. The van der Waals surface area contributed by atoms with E-state index in [1.807, 2.05) is 0 Å². The molecule has 1 nitrogen and oxygen atoms in total. The van der Waals surface area contributed by atoms with Gasteiger partial charge >= 0.3 is 0 Å². The first-order chi connectivity index (χ1) is 7.66. The summed E-state index contributed by atoms with van der Waals surface area (Å²) >= 11 is 0. The third-order valence-electron chi connectivity index (χ3n) is 3.70. The van der Waals surface area contributed by atoms with Crippen LogP contribution >= 0.6 is 0 Å². The summed E-state index contributed by atoms with van der Waals surface area (Å²) in [5.41, 5.74) is 4.09. The fraction of sp³-hybridized carbons (Fsp3) is 0.533. The van der Waals surface area contributed by atoms with Crippen molar-refractivity contribution in [1.82, 2.24) is 0 Å². The second kappa shape index (κ2) is 4.82. The molecule has 0 aliphatic heterocycles. The Kier molecular flexibility index (Phi) is 3.42. The van der Waals surface area contributed by atoms with E-state index in [1.165, 1.54) is 16.7 Å². The number of aryl methyl sites for hydroxylation is 3. The maximum absolute atomic E-state index is 11.5. The van der Waals surface area contributed by atoms with E-state index in [1.54, 1.807) is 0 Å². The number of hydrogen-bond donors (Lipinski definition) is 0. The first-order valence-corrected chi connectivity index (χ1v) is 6.25. The summed E-state index contributed by atoms with van der Waals surface area (Å²) in [5, 5.41) is 0. The minimum atomic E-state index is 0.347. The minimum Gasteiger partial charge on any atom is -0.299 e. The number of hydrogen-bond acceptors (Lipinski definition) is 1. The molecule has 1 aromatic carbocycles. The first kappa shape index (κ1) is 11.4. The van der Waals surface area contributed by atoms with Gasteiger partial charge in [0.2, 0.25) is 0 Å². The van der Waals surface area contributed by atoms with Crippen LogP contribution in [-0.4, -0.2) is 5.78 Å². The standard InChI is InChI=1S/C15H20O/c1-11-6-7-12(2)14(10-11)9-8-13-4-3-5-15(13)16/h6-7,10,13H,3-5,8-9H2,1-2H3. The van der Waals surface area contributed by atoms with Gasteiger partial charge in [-0.3, -0.25) is 4.79 Å². The summed E-state index contributed by atoms with van der Waals surface area (Å²) in [6.45, 7) is 4.29. The van der Waals surface area contributed by atoms with Gasteiger partial charge in [0.05, 0.1) is 0 Å². The van der Waals surface area contributed by atoms with Gasteiger partial charge < -0.3 is 0 Å². The Hall–Kier alpha value is -1.11. The lowest BCUT2D eigenvalue weighted by molar-refractivity contribution is -0.120. The summed E-state index contributed by atoms with van der Waals surface area (Å²) in [6, 6.07) is 6.59. The van der Waals surface area contributed by atoms with Crippen molar-refractivity contribution in [2.75, 3.05) is 0 Å². The van der Waals surface area contributed by atoms with Gasteiger partial charge in [-0.1, -0.05) is 23.8 Å². The Morgan fingerprint density at radius 2 is 2.12 bits per heavy atom. The first-order valence-electron chi connectivity index (χ1n) is 6.25. The van der Waals surface area contributed by atoms with E-state index in [4.69, 9.17) is 0 Å². The number of carbonyl (C=O) groups excluding carboxylic acids is 1. The van der Waals surface area contributed by atoms with Crippen LogP contribution in [0.15, 0.2) is 18.2 Å². The van der Waals surface area contributed by atoms with E-state index < -0.39 is 0 Å². The van der Waals surface area contributed by atoms with Crippen molar-refractivity contribution < 1.29 is 4.79 Å². The molecule has 1 unspecified atom stereocenters. The summed E-state index contributed by atoms with van der Waals surface area (Å²) in [7, 11) is 0. The van der Waals surface area contributed by atoms with Crippen molar-refractivity contribution in [1.29, 1.82) is 0 Å². The van der Waals surface area contributed by atoms with Gasteiger partial charge in [0.25, 0.3) is 0 Å². The molecule has 1 heteroatoms. The van der Waals surface area contributed by atoms with Crippen molar-refractivity contribution >= 4 is 5.78 Å². The molecule has 0 spiro atoms. The molecule has 0 amide bonds. The predicted molar refractivity (Wildman–Crippen MR) is 66.6 cm³/mol. The highest BCUT2D eigenvalue weighted by Crippen LogP contribution is 2.26. The maximum atomic E-state index is 11.5. The van der Waals surface area contributed by atoms with Crippen molar-refractivity contribution in [2.24, 2.45) is 5.92 Å². The highest BCUT2D eigenvalue weighted by Gasteiger charge is 2.23. The van der Waals surface area contributed by atoms with Crippen molar-refractivity contribution in [3.05, 3.63) is 34.9 Å². The Morgan fingerprint density at radius 3 is 2.81 bits per heavy atom. The molecule has 2 rings (SSSR count). The van der Waals surface area contributed by atoms with Crippen LogP contribution in [0, 0.1) is 19.8 Å². The number of Topliss-reactive ketones (excluding diaryl/α,β-unsaturated/α-hetero) is 1. The molecular weight excluding hydrogens is 196 g/mol. The lowest BCUT2D eigenvalue weighted by atomic mass is 9.94. The van der Waals surface area contributed by atoms with E-state index in [9.17, 15) is 4.79 Å². The van der Waals surface area contributed by atoms with Crippen molar-refractivity contribution in [2.45, 2.75) is 46.0 Å². The molecule has 0 N–H and O–H groups in total. The molecule has 0 heterocycles. The third kappa shape index (κ3) is 2.52. The summed E-state index contributed by atoms with van der Waals surface area (Å²) in [6.07, 6.45) is 5.14. The summed E-state index contributed by atoms with van der Waals surface area (Å²) < 4.78 is 0. The van der Waals surface area contributed by atoms with Crippen LogP contribution in [0.2, 0.25) is 0 Å². The maximum Gasteiger partial charge on any atom is 0.135 e. The number of rotatable bonds is 3. The van der Waals surface area contributed by atoms with Crippen LogP contribution in [0.4, 0.5) is 0 Å². The monoisotopic (exact) mass is 216 g/mol. The Bertz CT molecular complexity index is 392. The van der Waals surface area contributed by atoms with Crippen LogP contribution in [-0.2, 0) is 11.2 Å². The number of ketones is 1. The normalized spacial score (nSPS) is 20.4. The fourth-order valence-electron chi connectivity index (χ4n) is 2.59. The van der Waals surface area contributed by atoms with Gasteiger partial charge in [-0.05, 0) is 50.7 Å². The largest absolute Gasteiger partial charge is 0.299 e. The van der Waals surface area contributed by atoms with Gasteiger partial charge in [-0.25, -0.2) is 0 Å². The molecule has 1 atom stereocenters. The topological polar surface area (TPSA) is 17.1 Å². The van der Waals surface area contributed by atoms with Gasteiger partial charge in [0.15, 0.2) is 0 Å². The molecule has 0 bridgehead atoms. The highest BCUT2D eigenvalue weighted by molar-refractivity contribution is 5.82. The Labute approximate surface area is 97.9 Å². The average molecular weight is 216 g/mol. The van der Waals surface area contributed by atoms with Crippen LogP contribution in [0.3, 0.4) is 0 Å². The van der Waals surface area contributed by atoms with E-state index >= 15 is 0 Å².